The first kappa shape index (κ1) is 13.0. The molecular formula is C13H13F2N3O2. The fraction of sp³-hybridized carbons (Fsp3) is 0.385. The van der Waals surface area contributed by atoms with Gasteiger partial charge < -0.3 is 15.0 Å². The number of rotatable bonds is 2. The molecule has 1 aromatic carbocycles. The molecule has 20 heavy (non-hydrogen) atoms. The van der Waals surface area contributed by atoms with Crippen LogP contribution in [0.4, 0.5) is 14.5 Å². The predicted octanol–water partition coefficient (Wildman–Crippen LogP) is 2.49. The first-order valence-electron chi connectivity index (χ1n) is 6.31. The SMILES string of the molecule is Nc1cc(F)c(F)cc1-c1nc(C2CCOCC2)no1. The zero-order valence-electron chi connectivity index (χ0n) is 10.6. The van der Waals surface area contributed by atoms with Gasteiger partial charge in [-0.2, -0.15) is 4.98 Å². The highest BCUT2D eigenvalue weighted by Crippen LogP contribution is 2.30. The molecule has 0 radical (unpaired) electrons. The van der Waals surface area contributed by atoms with E-state index >= 15 is 0 Å². The van der Waals surface area contributed by atoms with Crippen LogP contribution in [0.5, 0.6) is 0 Å². The van der Waals surface area contributed by atoms with E-state index in [0.717, 1.165) is 25.0 Å². The molecule has 2 N–H and O–H groups in total. The first-order valence-corrected chi connectivity index (χ1v) is 6.31. The van der Waals surface area contributed by atoms with Crippen molar-refractivity contribution in [3.05, 3.63) is 29.6 Å². The number of hydrogen-bond acceptors (Lipinski definition) is 5. The number of hydrogen-bond donors (Lipinski definition) is 1. The minimum absolute atomic E-state index is 0.0612. The second kappa shape index (κ2) is 5.16. The third-order valence-electron chi connectivity index (χ3n) is 3.35. The van der Waals surface area contributed by atoms with Crippen molar-refractivity contribution in [2.75, 3.05) is 18.9 Å². The average molecular weight is 281 g/mol. The van der Waals surface area contributed by atoms with E-state index in [-0.39, 0.29) is 23.1 Å². The van der Waals surface area contributed by atoms with Gasteiger partial charge in [0.25, 0.3) is 5.89 Å². The van der Waals surface area contributed by atoms with E-state index < -0.39 is 11.6 Å². The number of halogens is 2. The molecule has 0 aliphatic carbocycles. The van der Waals surface area contributed by atoms with Crippen LogP contribution in [0.2, 0.25) is 0 Å². The summed E-state index contributed by atoms with van der Waals surface area (Å²) in [6, 6.07) is 1.87. The van der Waals surface area contributed by atoms with Crippen molar-refractivity contribution in [3.63, 3.8) is 0 Å². The Labute approximate surface area is 113 Å². The third-order valence-corrected chi connectivity index (χ3v) is 3.35. The van der Waals surface area contributed by atoms with Crippen molar-refractivity contribution in [2.24, 2.45) is 0 Å². The van der Waals surface area contributed by atoms with Gasteiger partial charge in [0.1, 0.15) is 0 Å². The average Bonchev–Trinajstić information content (AvgIpc) is 2.93. The van der Waals surface area contributed by atoms with Gasteiger partial charge in [-0.05, 0) is 18.9 Å². The molecule has 1 saturated heterocycles. The van der Waals surface area contributed by atoms with Gasteiger partial charge in [0.2, 0.25) is 0 Å². The molecule has 2 heterocycles. The molecule has 7 heteroatoms. The molecular weight excluding hydrogens is 268 g/mol. The van der Waals surface area contributed by atoms with Gasteiger partial charge in [-0.15, -0.1) is 0 Å². The summed E-state index contributed by atoms with van der Waals surface area (Å²) in [4.78, 5) is 4.23. The normalized spacial score (nSPS) is 16.5. The fourth-order valence-corrected chi connectivity index (χ4v) is 2.21. The zero-order valence-corrected chi connectivity index (χ0v) is 10.6. The Balaban J connectivity index is 1.91. The van der Waals surface area contributed by atoms with Crippen LogP contribution >= 0.6 is 0 Å². The van der Waals surface area contributed by atoms with Crippen molar-refractivity contribution >= 4 is 5.69 Å². The Hall–Kier alpha value is -2.02. The molecule has 0 spiro atoms. The van der Waals surface area contributed by atoms with Crippen LogP contribution in [-0.2, 0) is 4.74 Å². The van der Waals surface area contributed by atoms with Crippen LogP contribution in [0.3, 0.4) is 0 Å². The second-order valence-electron chi connectivity index (χ2n) is 4.70. The van der Waals surface area contributed by atoms with Crippen LogP contribution in [0.1, 0.15) is 24.6 Å². The van der Waals surface area contributed by atoms with Gasteiger partial charge in [0, 0.05) is 30.9 Å². The van der Waals surface area contributed by atoms with E-state index in [1.54, 1.807) is 0 Å². The Morgan fingerprint density at radius 1 is 1.15 bits per heavy atom. The smallest absolute Gasteiger partial charge is 0.260 e. The van der Waals surface area contributed by atoms with Crippen molar-refractivity contribution < 1.29 is 18.0 Å². The highest BCUT2D eigenvalue weighted by molar-refractivity contribution is 5.70. The second-order valence-corrected chi connectivity index (χ2v) is 4.70. The molecule has 5 nitrogen and oxygen atoms in total. The van der Waals surface area contributed by atoms with Crippen LogP contribution in [0.25, 0.3) is 11.5 Å². The Bertz CT molecular complexity index is 624. The van der Waals surface area contributed by atoms with Crippen LogP contribution in [0, 0.1) is 11.6 Å². The Kier molecular flexibility index (Phi) is 3.35. The molecule has 1 fully saturated rings. The lowest BCUT2D eigenvalue weighted by Crippen LogP contribution is -2.15. The number of anilines is 1. The molecule has 106 valence electrons. The Morgan fingerprint density at radius 3 is 2.60 bits per heavy atom. The molecule has 0 bridgehead atoms. The number of nitrogen functional groups attached to an aromatic ring is 1. The molecule has 0 unspecified atom stereocenters. The molecule has 0 atom stereocenters. The largest absolute Gasteiger partial charge is 0.398 e. The molecule has 2 aromatic rings. The minimum atomic E-state index is -1.00. The maximum absolute atomic E-state index is 13.3. The van der Waals surface area contributed by atoms with E-state index in [1.165, 1.54) is 0 Å². The highest BCUT2D eigenvalue weighted by Gasteiger charge is 2.23. The van der Waals surface area contributed by atoms with E-state index in [0.29, 0.717) is 19.0 Å². The van der Waals surface area contributed by atoms with Crippen LogP contribution < -0.4 is 5.73 Å². The maximum Gasteiger partial charge on any atom is 0.260 e. The summed E-state index contributed by atoms with van der Waals surface area (Å²) in [6.45, 7) is 1.31. The van der Waals surface area contributed by atoms with E-state index in [2.05, 4.69) is 10.1 Å². The lowest BCUT2D eigenvalue weighted by atomic mass is 10.00. The molecule has 1 aromatic heterocycles. The number of nitrogens with zero attached hydrogens (tertiary/aromatic N) is 2. The van der Waals surface area contributed by atoms with E-state index in [9.17, 15) is 8.78 Å². The fourth-order valence-electron chi connectivity index (χ4n) is 2.21. The maximum atomic E-state index is 13.3. The monoisotopic (exact) mass is 281 g/mol. The summed E-state index contributed by atoms with van der Waals surface area (Å²) >= 11 is 0. The summed E-state index contributed by atoms with van der Waals surface area (Å²) in [6.07, 6.45) is 1.62. The van der Waals surface area contributed by atoms with Crippen LogP contribution in [-0.4, -0.2) is 23.4 Å². The summed E-state index contributed by atoms with van der Waals surface area (Å²) in [5.74, 6) is -1.20. The van der Waals surface area contributed by atoms with Gasteiger partial charge in [-0.25, -0.2) is 8.78 Å². The number of benzene rings is 1. The number of aromatic nitrogens is 2. The summed E-state index contributed by atoms with van der Waals surface area (Å²) in [5, 5.41) is 3.90. The summed E-state index contributed by atoms with van der Waals surface area (Å²) < 4.78 is 36.7. The molecule has 0 amide bonds. The number of ether oxygens (including phenoxy) is 1. The molecule has 0 saturated carbocycles. The quantitative estimate of drug-likeness (QED) is 0.856. The predicted molar refractivity (Wildman–Crippen MR) is 66.9 cm³/mol. The standard InChI is InChI=1S/C13H13F2N3O2/c14-9-5-8(11(16)6-10(9)15)13-17-12(18-20-13)7-1-3-19-4-2-7/h5-7H,1-4,16H2. The lowest BCUT2D eigenvalue weighted by molar-refractivity contribution is 0.0830. The number of nitrogens with two attached hydrogens (primary N) is 1. The topological polar surface area (TPSA) is 74.2 Å². The zero-order chi connectivity index (χ0) is 14.1. The summed E-state index contributed by atoms with van der Waals surface area (Å²) in [5.41, 5.74) is 5.92. The van der Waals surface area contributed by atoms with Crippen molar-refractivity contribution in [1.82, 2.24) is 10.1 Å². The van der Waals surface area contributed by atoms with Gasteiger partial charge >= 0.3 is 0 Å². The molecule has 1 aliphatic heterocycles. The van der Waals surface area contributed by atoms with Gasteiger partial charge in [0.05, 0.1) is 5.56 Å². The summed E-state index contributed by atoms with van der Waals surface area (Å²) in [7, 11) is 0. The molecule has 3 rings (SSSR count). The van der Waals surface area contributed by atoms with Crippen molar-refractivity contribution in [1.29, 1.82) is 0 Å². The van der Waals surface area contributed by atoms with E-state index in [1.807, 2.05) is 0 Å². The Morgan fingerprint density at radius 2 is 1.85 bits per heavy atom. The third kappa shape index (κ3) is 2.36. The van der Waals surface area contributed by atoms with Crippen LogP contribution in [0.15, 0.2) is 16.7 Å². The van der Waals surface area contributed by atoms with Gasteiger partial charge in [-0.3, -0.25) is 0 Å². The van der Waals surface area contributed by atoms with Crippen molar-refractivity contribution in [2.45, 2.75) is 18.8 Å². The van der Waals surface area contributed by atoms with Gasteiger partial charge in [0.15, 0.2) is 17.5 Å². The lowest BCUT2D eigenvalue weighted by Gasteiger charge is -2.18. The first-order chi connectivity index (χ1) is 9.65. The van der Waals surface area contributed by atoms with Crippen molar-refractivity contribution in [3.8, 4) is 11.5 Å². The van der Waals surface area contributed by atoms with E-state index in [4.69, 9.17) is 15.0 Å². The highest BCUT2D eigenvalue weighted by atomic mass is 19.2. The molecule has 1 aliphatic rings. The minimum Gasteiger partial charge on any atom is -0.398 e. The van der Waals surface area contributed by atoms with Gasteiger partial charge in [-0.1, -0.05) is 5.16 Å².